The normalized spacial score (nSPS) is 13.1. The summed E-state index contributed by atoms with van der Waals surface area (Å²) in [6.07, 6.45) is 0. The van der Waals surface area contributed by atoms with Crippen molar-refractivity contribution in [1.29, 1.82) is 0 Å². The monoisotopic (exact) mass is 740 g/mol. The summed E-state index contributed by atoms with van der Waals surface area (Å²) in [5.41, 5.74) is 11.5. The van der Waals surface area contributed by atoms with E-state index in [0.29, 0.717) is 17.6 Å². The zero-order chi connectivity index (χ0) is 38.5. The van der Waals surface area contributed by atoms with Gasteiger partial charge in [0.15, 0.2) is 11.6 Å². The van der Waals surface area contributed by atoms with E-state index in [4.69, 9.17) is 15.0 Å². The Hall–Kier alpha value is -7.43. The van der Waals surface area contributed by atoms with E-state index in [1.165, 1.54) is 60.1 Å². The zero-order valence-corrected chi connectivity index (χ0v) is 32.1. The van der Waals surface area contributed by atoms with Crippen LogP contribution in [0.25, 0.3) is 105 Å². The Morgan fingerprint density at radius 1 is 0.379 bits per heavy atom. The van der Waals surface area contributed by atoms with Gasteiger partial charge in [-0.2, -0.15) is 9.97 Å². The summed E-state index contributed by atoms with van der Waals surface area (Å²) in [5.74, 6) is 1.84. The van der Waals surface area contributed by atoms with Crippen LogP contribution in [0.4, 0.5) is 0 Å². The Kier molecular flexibility index (Phi) is 6.94. The molecule has 0 aliphatic heterocycles. The number of para-hydroxylation sites is 2. The van der Waals surface area contributed by atoms with Gasteiger partial charge in [0, 0.05) is 32.9 Å². The molecule has 0 spiro atoms. The lowest BCUT2D eigenvalue weighted by Crippen LogP contribution is -2.14. The Morgan fingerprint density at radius 3 is 1.67 bits per heavy atom. The zero-order valence-electron chi connectivity index (χ0n) is 32.1. The molecule has 0 atom stereocenters. The molecule has 0 bridgehead atoms. The van der Waals surface area contributed by atoms with Crippen LogP contribution in [0.15, 0.2) is 182 Å². The lowest BCUT2D eigenvalue weighted by atomic mass is 9.82. The molecule has 2 heterocycles. The molecule has 1 aliphatic rings. The van der Waals surface area contributed by atoms with Gasteiger partial charge in [0.25, 0.3) is 0 Å². The summed E-state index contributed by atoms with van der Waals surface area (Å²) >= 11 is 0. The van der Waals surface area contributed by atoms with Crippen molar-refractivity contribution in [3.63, 3.8) is 0 Å². The summed E-state index contributed by atoms with van der Waals surface area (Å²) in [5, 5.41) is 9.63. The fourth-order valence-corrected chi connectivity index (χ4v) is 9.78. The smallest absolute Gasteiger partial charge is 0.238 e. The molecule has 58 heavy (non-hydrogen) atoms. The van der Waals surface area contributed by atoms with Gasteiger partial charge >= 0.3 is 0 Å². The van der Waals surface area contributed by atoms with E-state index in [-0.39, 0.29) is 5.41 Å². The van der Waals surface area contributed by atoms with Crippen LogP contribution >= 0.6 is 0 Å². The Morgan fingerprint density at radius 2 is 0.914 bits per heavy atom. The van der Waals surface area contributed by atoms with Gasteiger partial charge in [-0.25, -0.2) is 4.98 Å². The van der Waals surface area contributed by atoms with E-state index in [9.17, 15) is 0 Å². The van der Waals surface area contributed by atoms with Crippen LogP contribution in [0.2, 0.25) is 0 Å². The van der Waals surface area contributed by atoms with Crippen molar-refractivity contribution in [3.8, 4) is 51.0 Å². The molecule has 4 nitrogen and oxygen atoms in total. The van der Waals surface area contributed by atoms with Crippen molar-refractivity contribution in [1.82, 2.24) is 19.5 Å². The standard InChI is InChI=1S/C54H36N4/c1-54(2)46-27-12-10-23-44(46)49-41(24-15-28-47(49)54)43-26-14-25-42-40-22-11-13-29-48(40)58(50(42)43)53-56-51(33-16-4-3-5-17-33)55-52(57-53)34-30-31-39-37-20-7-6-18-35(37)36-19-8-9-21-38(36)45(39)32-34/h3-32H,1-2H3. The van der Waals surface area contributed by atoms with Gasteiger partial charge < -0.3 is 0 Å². The van der Waals surface area contributed by atoms with Gasteiger partial charge in [-0.05, 0) is 72.3 Å². The predicted octanol–water partition coefficient (Wildman–Crippen LogP) is 13.7. The molecule has 0 amide bonds. The second kappa shape index (κ2) is 12.3. The summed E-state index contributed by atoms with van der Waals surface area (Å²) in [7, 11) is 0. The third-order valence-electron chi connectivity index (χ3n) is 12.5. The topological polar surface area (TPSA) is 43.6 Å². The highest BCUT2D eigenvalue weighted by Gasteiger charge is 2.37. The molecule has 4 heteroatoms. The molecule has 0 radical (unpaired) electrons. The van der Waals surface area contributed by atoms with Crippen LogP contribution in [0, 0.1) is 0 Å². The molecule has 9 aromatic carbocycles. The van der Waals surface area contributed by atoms with Crippen molar-refractivity contribution in [2.24, 2.45) is 0 Å². The Bertz CT molecular complexity index is 3450. The van der Waals surface area contributed by atoms with E-state index in [2.05, 4.69) is 182 Å². The number of rotatable bonds is 4. The summed E-state index contributed by atoms with van der Waals surface area (Å²) < 4.78 is 2.27. The third-order valence-corrected chi connectivity index (χ3v) is 12.5. The van der Waals surface area contributed by atoms with Crippen molar-refractivity contribution in [2.45, 2.75) is 19.3 Å². The minimum atomic E-state index is -0.117. The minimum absolute atomic E-state index is 0.117. The van der Waals surface area contributed by atoms with Crippen LogP contribution < -0.4 is 0 Å². The van der Waals surface area contributed by atoms with Gasteiger partial charge in [0.1, 0.15) is 0 Å². The average molecular weight is 741 g/mol. The molecule has 0 saturated heterocycles. The number of benzene rings is 9. The molecule has 0 N–H and O–H groups in total. The largest absolute Gasteiger partial charge is 0.277 e. The number of nitrogens with zero attached hydrogens (tertiary/aromatic N) is 4. The second-order valence-corrected chi connectivity index (χ2v) is 16.0. The molecule has 272 valence electrons. The number of hydrogen-bond acceptors (Lipinski definition) is 3. The minimum Gasteiger partial charge on any atom is -0.277 e. The first-order valence-electron chi connectivity index (χ1n) is 20.0. The lowest BCUT2D eigenvalue weighted by Gasteiger charge is -2.21. The molecular formula is C54H36N4. The maximum Gasteiger partial charge on any atom is 0.238 e. The predicted molar refractivity (Wildman–Crippen MR) is 241 cm³/mol. The van der Waals surface area contributed by atoms with Gasteiger partial charge in [-0.3, -0.25) is 4.57 Å². The van der Waals surface area contributed by atoms with Gasteiger partial charge in [-0.1, -0.05) is 184 Å². The van der Waals surface area contributed by atoms with Crippen LogP contribution in [0.5, 0.6) is 0 Å². The lowest BCUT2D eigenvalue weighted by molar-refractivity contribution is 0.660. The van der Waals surface area contributed by atoms with Crippen LogP contribution in [-0.4, -0.2) is 19.5 Å². The Balaban J connectivity index is 1.16. The second-order valence-electron chi connectivity index (χ2n) is 16.0. The summed E-state index contributed by atoms with van der Waals surface area (Å²) in [4.78, 5) is 16.0. The van der Waals surface area contributed by atoms with E-state index < -0.39 is 0 Å². The first-order valence-corrected chi connectivity index (χ1v) is 20.0. The third kappa shape index (κ3) is 4.66. The van der Waals surface area contributed by atoms with E-state index in [1.807, 2.05) is 18.2 Å². The quantitative estimate of drug-likeness (QED) is 0.169. The first-order chi connectivity index (χ1) is 28.5. The van der Waals surface area contributed by atoms with E-state index in [0.717, 1.165) is 38.5 Å². The highest BCUT2D eigenvalue weighted by molar-refractivity contribution is 6.25. The highest BCUT2D eigenvalue weighted by atomic mass is 15.2. The first kappa shape index (κ1) is 32.8. The SMILES string of the molecule is CC1(C)c2ccccc2-c2c(-c3cccc4c5ccccc5n(-c5nc(-c6ccccc6)nc(-c6ccc7c8ccccc8c8ccccc8c7c6)n5)c34)cccc21. The maximum atomic E-state index is 5.43. The summed E-state index contributed by atoms with van der Waals surface area (Å²) in [6, 6.07) is 65.3. The van der Waals surface area contributed by atoms with Gasteiger partial charge in [-0.15, -0.1) is 0 Å². The van der Waals surface area contributed by atoms with Crippen molar-refractivity contribution in [3.05, 3.63) is 193 Å². The van der Waals surface area contributed by atoms with Crippen LogP contribution in [-0.2, 0) is 5.41 Å². The van der Waals surface area contributed by atoms with Crippen molar-refractivity contribution >= 4 is 54.1 Å². The van der Waals surface area contributed by atoms with Crippen LogP contribution in [0.1, 0.15) is 25.0 Å². The summed E-state index contributed by atoms with van der Waals surface area (Å²) in [6.45, 7) is 4.68. The number of aromatic nitrogens is 4. The number of hydrogen-bond donors (Lipinski definition) is 0. The molecule has 0 unspecified atom stereocenters. The van der Waals surface area contributed by atoms with Crippen molar-refractivity contribution in [2.75, 3.05) is 0 Å². The Labute approximate surface area is 335 Å². The van der Waals surface area contributed by atoms with E-state index >= 15 is 0 Å². The molecule has 0 fully saturated rings. The van der Waals surface area contributed by atoms with Gasteiger partial charge in [0.2, 0.25) is 5.95 Å². The fourth-order valence-electron chi connectivity index (χ4n) is 9.78. The van der Waals surface area contributed by atoms with E-state index in [1.54, 1.807) is 0 Å². The molecule has 12 rings (SSSR count). The molecule has 1 aliphatic carbocycles. The number of fused-ring (bicyclic) bond motifs is 12. The molecule has 11 aromatic rings. The molecular weight excluding hydrogens is 705 g/mol. The molecule has 2 aromatic heterocycles. The van der Waals surface area contributed by atoms with Crippen molar-refractivity contribution < 1.29 is 0 Å². The van der Waals surface area contributed by atoms with Crippen LogP contribution in [0.3, 0.4) is 0 Å². The average Bonchev–Trinajstić information content (AvgIpc) is 3.75. The fraction of sp³-hybridized carbons (Fsp3) is 0.0556. The highest BCUT2D eigenvalue weighted by Crippen LogP contribution is 2.53. The van der Waals surface area contributed by atoms with Gasteiger partial charge in [0.05, 0.1) is 11.0 Å². The maximum absolute atomic E-state index is 5.43. The molecule has 0 saturated carbocycles.